The standard InChI is InChI=1S/C18H22N4OS/c1-13-6-14(2)8-16(7-13)22-5-4-21(12-17(22)23)11-15-9-19-18(24-3)20-10-15/h6-10H,4-5,11-12H2,1-3H3. The van der Waals surface area contributed by atoms with Gasteiger partial charge in [-0.2, -0.15) is 0 Å². The Balaban J connectivity index is 1.65. The lowest BCUT2D eigenvalue weighted by Crippen LogP contribution is -2.50. The number of aromatic nitrogens is 2. The number of benzene rings is 1. The molecule has 0 atom stereocenters. The van der Waals surface area contributed by atoms with E-state index in [0.29, 0.717) is 19.6 Å². The number of aryl methyl sites for hydroxylation is 2. The summed E-state index contributed by atoms with van der Waals surface area (Å²) in [6, 6.07) is 6.29. The summed E-state index contributed by atoms with van der Waals surface area (Å²) in [7, 11) is 0. The van der Waals surface area contributed by atoms with E-state index < -0.39 is 0 Å². The second-order valence-corrected chi connectivity index (χ2v) is 6.95. The molecule has 1 aliphatic rings. The van der Waals surface area contributed by atoms with E-state index in [2.05, 4.69) is 46.9 Å². The first-order valence-corrected chi connectivity index (χ1v) is 9.23. The molecule has 6 heteroatoms. The minimum absolute atomic E-state index is 0.146. The smallest absolute Gasteiger partial charge is 0.241 e. The third kappa shape index (κ3) is 3.94. The molecule has 1 aromatic heterocycles. The number of rotatable bonds is 4. The summed E-state index contributed by atoms with van der Waals surface area (Å²) in [5.41, 5.74) is 4.42. The zero-order valence-electron chi connectivity index (χ0n) is 14.3. The molecule has 126 valence electrons. The van der Waals surface area contributed by atoms with Gasteiger partial charge < -0.3 is 4.90 Å². The fraction of sp³-hybridized carbons (Fsp3) is 0.389. The molecule has 0 spiro atoms. The molecule has 2 aromatic rings. The Bertz CT molecular complexity index is 712. The maximum Gasteiger partial charge on any atom is 0.241 e. The number of nitrogens with zero attached hydrogens (tertiary/aromatic N) is 4. The SMILES string of the molecule is CSc1ncc(CN2CCN(c3cc(C)cc(C)c3)C(=O)C2)cn1. The van der Waals surface area contributed by atoms with Crippen LogP contribution in [0.5, 0.6) is 0 Å². The molecular weight excluding hydrogens is 320 g/mol. The first-order chi connectivity index (χ1) is 11.5. The topological polar surface area (TPSA) is 49.3 Å². The van der Waals surface area contributed by atoms with Crippen molar-refractivity contribution in [3.8, 4) is 0 Å². The van der Waals surface area contributed by atoms with E-state index in [1.54, 1.807) is 0 Å². The second kappa shape index (κ2) is 7.32. The summed E-state index contributed by atoms with van der Waals surface area (Å²) in [5, 5.41) is 0.773. The van der Waals surface area contributed by atoms with Gasteiger partial charge in [0.1, 0.15) is 0 Å². The number of carbonyl (C=O) groups is 1. The van der Waals surface area contributed by atoms with Crippen LogP contribution in [0, 0.1) is 13.8 Å². The van der Waals surface area contributed by atoms with Crippen molar-refractivity contribution in [2.75, 3.05) is 30.8 Å². The average Bonchev–Trinajstić information content (AvgIpc) is 2.55. The van der Waals surface area contributed by atoms with Crippen LogP contribution in [-0.2, 0) is 11.3 Å². The van der Waals surface area contributed by atoms with E-state index >= 15 is 0 Å². The summed E-state index contributed by atoms with van der Waals surface area (Å²) < 4.78 is 0. The van der Waals surface area contributed by atoms with E-state index in [9.17, 15) is 4.79 Å². The van der Waals surface area contributed by atoms with Gasteiger partial charge in [-0.05, 0) is 43.4 Å². The van der Waals surface area contributed by atoms with Crippen LogP contribution in [-0.4, -0.2) is 46.7 Å². The van der Waals surface area contributed by atoms with Crippen molar-refractivity contribution in [3.05, 3.63) is 47.3 Å². The van der Waals surface area contributed by atoms with Gasteiger partial charge in [0.05, 0.1) is 6.54 Å². The average molecular weight is 342 g/mol. The Hall–Kier alpha value is -1.92. The Labute approximate surface area is 147 Å². The lowest BCUT2D eigenvalue weighted by molar-refractivity contribution is -0.121. The quantitative estimate of drug-likeness (QED) is 0.631. The van der Waals surface area contributed by atoms with Crippen molar-refractivity contribution in [1.82, 2.24) is 14.9 Å². The van der Waals surface area contributed by atoms with Crippen LogP contribution in [0.2, 0.25) is 0 Å². The number of piperazine rings is 1. The van der Waals surface area contributed by atoms with Crippen LogP contribution in [0.15, 0.2) is 35.7 Å². The van der Waals surface area contributed by atoms with Crippen LogP contribution in [0.1, 0.15) is 16.7 Å². The zero-order chi connectivity index (χ0) is 17.1. The predicted octanol–water partition coefficient (Wildman–Crippen LogP) is 2.66. The molecule has 1 amide bonds. The summed E-state index contributed by atoms with van der Waals surface area (Å²) in [6.45, 7) is 6.83. The van der Waals surface area contributed by atoms with Gasteiger partial charge in [0.15, 0.2) is 5.16 Å². The van der Waals surface area contributed by atoms with Gasteiger partial charge in [0, 0.05) is 43.3 Å². The van der Waals surface area contributed by atoms with E-state index in [1.807, 2.05) is 23.5 Å². The minimum atomic E-state index is 0.146. The molecule has 3 rings (SSSR count). The number of amides is 1. The molecular formula is C18H22N4OS. The second-order valence-electron chi connectivity index (χ2n) is 6.18. The number of thioether (sulfide) groups is 1. The Kier molecular flexibility index (Phi) is 5.16. The highest BCUT2D eigenvalue weighted by atomic mass is 32.2. The van der Waals surface area contributed by atoms with Crippen LogP contribution in [0.4, 0.5) is 5.69 Å². The van der Waals surface area contributed by atoms with Gasteiger partial charge in [0.25, 0.3) is 0 Å². The third-order valence-corrected chi connectivity index (χ3v) is 4.66. The Morgan fingerprint density at radius 1 is 1.08 bits per heavy atom. The van der Waals surface area contributed by atoms with Crippen molar-refractivity contribution in [1.29, 1.82) is 0 Å². The maximum absolute atomic E-state index is 12.6. The van der Waals surface area contributed by atoms with Gasteiger partial charge in [-0.25, -0.2) is 9.97 Å². The van der Waals surface area contributed by atoms with E-state index in [0.717, 1.165) is 23.0 Å². The third-order valence-electron chi connectivity index (χ3n) is 4.09. The fourth-order valence-electron chi connectivity index (χ4n) is 3.02. The number of anilines is 1. The molecule has 1 fully saturated rings. The lowest BCUT2D eigenvalue weighted by atomic mass is 10.1. The molecule has 0 radical (unpaired) electrons. The normalized spacial score (nSPS) is 15.8. The van der Waals surface area contributed by atoms with Crippen LogP contribution in [0.3, 0.4) is 0 Å². The van der Waals surface area contributed by atoms with Gasteiger partial charge in [-0.1, -0.05) is 17.8 Å². The summed E-state index contributed by atoms with van der Waals surface area (Å²) in [5.74, 6) is 0.146. The molecule has 0 saturated carbocycles. The van der Waals surface area contributed by atoms with Gasteiger partial charge >= 0.3 is 0 Å². The van der Waals surface area contributed by atoms with Gasteiger partial charge in [0.2, 0.25) is 5.91 Å². The zero-order valence-corrected chi connectivity index (χ0v) is 15.1. The van der Waals surface area contributed by atoms with Crippen LogP contribution >= 0.6 is 11.8 Å². The number of carbonyl (C=O) groups excluding carboxylic acids is 1. The summed E-state index contributed by atoms with van der Waals surface area (Å²) >= 11 is 1.53. The lowest BCUT2D eigenvalue weighted by Gasteiger charge is -2.34. The highest BCUT2D eigenvalue weighted by Crippen LogP contribution is 2.21. The first kappa shape index (κ1) is 16.9. The van der Waals surface area contributed by atoms with Crippen molar-refractivity contribution < 1.29 is 4.79 Å². The predicted molar refractivity (Wildman–Crippen MR) is 97.4 cm³/mol. The summed E-state index contributed by atoms with van der Waals surface area (Å²) in [4.78, 5) is 25.2. The van der Waals surface area contributed by atoms with Crippen molar-refractivity contribution in [3.63, 3.8) is 0 Å². The maximum atomic E-state index is 12.6. The van der Waals surface area contributed by atoms with Gasteiger partial charge in [-0.3, -0.25) is 9.69 Å². The number of hydrogen-bond donors (Lipinski definition) is 0. The van der Waals surface area contributed by atoms with Crippen LogP contribution < -0.4 is 4.90 Å². The Morgan fingerprint density at radius 3 is 2.33 bits per heavy atom. The van der Waals surface area contributed by atoms with E-state index in [1.165, 1.54) is 22.9 Å². The molecule has 0 unspecified atom stereocenters. The highest BCUT2D eigenvalue weighted by Gasteiger charge is 2.25. The monoisotopic (exact) mass is 342 g/mol. The summed E-state index contributed by atoms with van der Waals surface area (Å²) in [6.07, 6.45) is 5.65. The fourth-order valence-corrected chi connectivity index (χ4v) is 3.34. The molecule has 0 bridgehead atoms. The van der Waals surface area contributed by atoms with Crippen molar-refractivity contribution in [2.45, 2.75) is 25.5 Å². The molecule has 0 N–H and O–H groups in total. The van der Waals surface area contributed by atoms with E-state index in [-0.39, 0.29) is 5.91 Å². The van der Waals surface area contributed by atoms with Crippen molar-refractivity contribution >= 4 is 23.4 Å². The molecule has 1 saturated heterocycles. The molecule has 24 heavy (non-hydrogen) atoms. The molecule has 5 nitrogen and oxygen atoms in total. The van der Waals surface area contributed by atoms with Gasteiger partial charge in [-0.15, -0.1) is 0 Å². The first-order valence-electron chi connectivity index (χ1n) is 8.01. The molecule has 1 aromatic carbocycles. The van der Waals surface area contributed by atoms with E-state index in [4.69, 9.17) is 0 Å². The minimum Gasteiger partial charge on any atom is -0.310 e. The molecule has 2 heterocycles. The molecule has 0 aliphatic carbocycles. The largest absolute Gasteiger partial charge is 0.310 e. The number of hydrogen-bond acceptors (Lipinski definition) is 5. The highest BCUT2D eigenvalue weighted by molar-refractivity contribution is 7.98. The van der Waals surface area contributed by atoms with Crippen molar-refractivity contribution in [2.24, 2.45) is 0 Å². The Morgan fingerprint density at radius 2 is 1.75 bits per heavy atom. The molecule has 1 aliphatic heterocycles. The van der Waals surface area contributed by atoms with Crippen LogP contribution in [0.25, 0.3) is 0 Å².